The van der Waals surface area contributed by atoms with E-state index in [1.807, 2.05) is 18.2 Å². The number of hydrogen-bond acceptors (Lipinski definition) is 7. The summed E-state index contributed by atoms with van der Waals surface area (Å²) >= 11 is 0. The van der Waals surface area contributed by atoms with Crippen molar-refractivity contribution in [3.05, 3.63) is 59.5 Å². The first-order valence-corrected chi connectivity index (χ1v) is 10.3. The van der Waals surface area contributed by atoms with Crippen LogP contribution in [0.2, 0.25) is 0 Å². The van der Waals surface area contributed by atoms with Gasteiger partial charge in [-0.25, -0.2) is 0 Å². The van der Waals surface area contributed by atoms with Crippen molar-refractivity contribution in [1.29, 1.82) is 0 Å². The topological polar surface area (TPSA) is 63.9 Å². The van der Waals surface area contributed by atoms with Crippen molar-refractivity contribution in [2.75, 3.05) is 33.0 Å². The van der Waals surface area contributed by atoms with E-state index in [0.717, 1.165) is 56.4 Å². The van der Waals surface area contributed by atoms with Gasteiger partial charge in [0.05, 0.1) is 12.1 Å². The number of halogens is 3. The third-order valence-electron chi connectivity index (χ3n) is 5.58. The van der Waals surface area contributed by atoms with Crippen LogP contribution in [0.5, 0.6) is 11.5 Å². The second kappa shape index (κ2) is 8.44. The lowest BCUT2D eigenvalue weighted by molar-refractivity contribution is -0.137. The van der Waals surface area contributed by atoms with Gasteiger partial charge in [-0.1, -0.05) is 23.4 Å². The third kappa shape index (κ3) is 4.56. The molecule has 0 N–H and O–H groups in total. The Balaban J connectivity index is 1.15. The van der Waals surface area contributed by atoms with E-state index in [-0.39, 0.29) is 18.2 Å². The maximum Gasteiger partial charge on any atom is 0.416 e. The summed E-state index contributed by atoms with van der Waals surface area (Å²) in [5, 5.41) is 3.86. The van der Waals surface area contributed by atoms with Crippen molar-refractivity contribution in [2.45, 2.75) is 19.3 Å². The number of nitrogens with zero attached hydrogens (tertiary/aromatic N) is 4. The zero-order valence-corrected chi connectivity index (χ0v) is 17.1. The number of rotatable bonds is 5. The first-order valence-electron chi connectivity index (χ1n) is 10.3. The van der Waals surface area contributed by atoms with E-state index in [0.29, 0.717) is 12.4 Å². The van der Waals surface area contributed by atoms with Gasteiger partial charge in [0.1, 0.15) is 0 Å². The van der Waals surface area contributed by atoms with Crippen LogP contribution in [0.15, 0.2) is 47.0 Å². The lowest BCUT2D eigenvalue weighted by Gasteiger charge is -2.33. The van der Waals surface area contributed by atoms with Gasteiger partial charge in [0.15, 0.2) is 11.5 Å². The van der Waals surface area contributed by atoms with Gasteiger partial charge >= 0.3 is 6.18 Å². The minimum absolute atomic E-state index is 0.160. The Morgan fingerprint density at radius 2 is 1.62 bits per heavy atom. The second-order valence-electron chi connectivity index (χ2n) is 7.83. The largest absolute Gasteiger partial charge is 0.454 e. The molecule has 5 rings (SSSR count). The molecule has 1 fully saturated rings. The molecule has 10 heteroatoms. The highest BCUT2D eigenvalue weighted by Gasteiger charge is 2.31. The summed E-state index contributed by atoms with van der Waals surface area (Å²) in [6.45, 7) is 4.96. The molecule has 3 aromatic rings. The van der Waals surface area contributed by atoms with E-state index in [1.54, 1.807) is 6.07 Å². The first-order chi connectivity index (χ1) is 15.4. The monoisotopic (exact) mass is 446 g/mol. The Morgan fingerprint density at radius 1 is 0.875 bits per heavy atom. The van der Waals surface area contributed by atoms with Crippen molar-refractivity contribution in [2.24, 2.45) is 0 Å². The van der Waals surface area contributed by atoms with Gasteiger partial charge in [-0.2, -0.15) is 18.2 Å². The van der Waals surface area contributed by atoms with Crippen LogP contribution in [0.1, 0.15) is 17.0 Å². The number of alkyl halides is 3. The number of benzene rings is 2. The number of piperazine rings is 1. The zero-order chi connectivity index (χ0) is 22.1. The fourth-order valence-electron chi connectivity index (χ4n) is 3.87. The molecule has 3 heterocycles. The van der Waals surface area contributed by atoms with Crippen molar-refractivity contribution < 1.29 is 27.2 Å². The van der Waals surface area contributed by atoms with Gasteiger partial charge in [0, 0.05) is 38.3 Å². The minimum Gasteiger partial charge on any atom is -0.454 e. The smallest absolute Gasteiger partial charge is 0.416 e. The molecule has 0 saturated carbocycles. The van der Waals surface area contributed by atoms with E-state index < -0.39 is 11.7 Å². The van der Waals surface area contributed by atoms with Crippen LogP contribution in [-0.2, 0) is 19.3 Å². The van der Waals surface area contributed by atoms with E-state index in [2.05, 4.69) is 19.9 Å². The van der Waals surface area contributed by atoms with Gasteiger partial charge in [0.25, 0.3) is 0 Å². The van der Waals surface area contributed by atoms with E-state index in [1.165, 1.54) is 11.6 Å². The SMILES string of the molecule is FC(F)(F)c1cccc(-c2noc(CN3CCN(Cc4ccc5c(c4)OCO5)CC3)n2)c1. The number of aromatic nitrogens is 2. The molecule has 1 saturated heterocycles. The van der Waals surface area contributed by atoms with E-state index >= 15 is 0 Å². The summed E-state index contributed by atoms with van der Waals surface area (Å²) in [4.78, 5) is 8.84. The molecule has 7 nitrogen and oxygen atoms in total. The highest BCUT2D eigenvalue weighted by molar-refractivity contribution is 5.55. The lowest BCUT2D eigenvalue weighted by Crippen LogP contribution is -2.45. The van der Waals surface area contributed by atoms with Crippen LogP contribution < -0.4 is 9.47 Å². The molecule has 0 unspecified atom stereocenters. The number of hydrogen-bond donors (Lipinski definition) is 0. The quantitative estimate of drug-likeness (QED) is 0.591. The first kappa shape index (κ1) is 20.8. The average Bonchev–Trinajstić information content (AvgIpc) is 3.44. The molecule has 168 valence electrons. The Morgan fingerprint density at radius 3 is 2.41 bits per heavy atom. The second-order valence-corrected chi connectivity index (χ2v) is 7.83. The standard InChI is InChI=1S/C22H21F3N4O3/c23-22(24,25)17-3-1-2-16(11-17)21-26-20(32-27-21)13-29-8-6-28(7-9-29)12-15-4-5-18-19(10-15)31-14-30-18/h1-5,10-11H,6-9,12-14H2. The summed E-state index contributed by atoms with van der Waals surface area (Å²) in [7, 11) is 0. The highest BCUT2D eigenvalue weighted by atomic mass is 19.4. The van der Waals surface area contributed by atoms with Gasteiger partial charge in [-0.05, 0) is 29.8 Å². The molecule has 0 radical (unpaired) electrons. The van der Waals surface area contributed by atoms with Crippen LogP contribution in [0.3, 0.4) is 0 Å². The van der Waals surface area contributed by atoms with Crippen molar-refractivity contribution in [1.82, 2.24) is 19.9 Å². The van der Waals surface area contributed by atoms with Gasteiger partial charge in [0.2, 0.25) is 18.5 Å². The molecule has 0 bridgehead atoms. The zero-order valence-electron chi connectivity index (χ0n) is 17.1. The van der Waals surface area contributed by atoms with Crippen LogP contribution in [0.4, 0.5) is 13.2 Å². The fraction of sp³-hybridized carbons (Fsp3) is 0.364. The van der Waals surface area contributed by atoms with E-state index in [4.69, 9.17) is 14.0 Å². The molecule has 2 aromatic carbocycles. The summed E-state index contributed by atoms with van der Waals surface area (Å²) in [5.41, 5.74) is 0.716. The minimum atomic E-state index is -4.41. The molecule has 0 atom stereocenters. The fourth-order valence-corrected chi connectivity index (χ4v) is 3.87. The van der Waals surface area contributed by atoms with Crippen LogP contribution in [0.25, 0.3) is 11.4 Å². The van der Waals surface area contributed by atoms with Crippen molar-refractivity contribution in [3.8, 4) is 22.9 Å². The summed E-state index contributed by atoms with van der Waals surface area (Å²) in [6.07, 6.45) is -4.41. The molecular weight excluding hydrogens is 425 g/mol. The van der Waals surface area contributed by atoms with Crippen LogP contribution in [-0.4, -0.2) is 52.9 Å². The summed E-state index contributed by atoms with van der Waals surface area (Å²) in [6, 6.07) is 10.9. The Labute approximate surface area is 182 Å². The van der Waals surface area contributed by atoms with Crippen LogP contribution in [0, 0.1) is 0 Å². The van der Waals surface area contributed by atoms with Gasteiger partial charge in [-0.15, -0.1) is 0 Å². The predicted molar refractivity (Wildman–Crippen MR) is 108 cm³/mol. The average molecular weight is 446 g/mol. The molecule has 0 spiro atoms. The van der Waals surface area contributed by atoms with Crippen LogP contribution >= 0.6 is 0 Å². The van der Waals surface area contributed by atoms with Crippen molar-refractivity contribution >= 4 is 0 Å². The van der Waals surface area contributed by atoms with Gasteiger partial charge < -0.3 is 14.0 Å². The summed E-state index contributed by atoms with van der Waals surface area (Å²) < 4.78 is 54.9. The van der Waals surface area contributed by atoms with Crippen molar-refractivity contribution in [3.63, 3.8) is 0 Å². The maximum atomic E-state index is 12.9. The lowest BCUT2D eigenvalue weighted by atomic mass is 10.1. The Kier molecular flexibility index (Phi) is 5.48. The highest BCUT2D eigenvalue weighted by Crippen LogP contribution is 2.33. The molecule has 32 heavy (non-hydrogen) atoms. The number of fused-ring (bicyclic) bond motifs is 1. The molecule has 2 aliphatic rings. The third-order valence-corrected chi connectivity index (χ3v) is 5.58. The predicted octanol–water partition coefficient (Wildman–Crippen LogP) is 3.80. The normalized spacial score (nSPS) is 17.1. The maximum absolute atomic E-state index is 12.9. The number of ether oxygens (including phenoxy) is 2. The molecule has 1 aromatic heterocycles. The molecule has 0 amide bonds. The molecule has 0 aliphatic carbocycles. The Hall–Kier alpha value is -3.11. The van der Waals surface area contributed by atoms with E-state index in [9.17, 15) is 13.2 Å². The molecule has 2 aliphatic heterocycles. The Bertz CT molecular complexity index is 1090. The summed E-state index contributed by atoms with van der Waals surface area (Å²) in [5.74, 6) is 2.12. The molecular formula is C22H21F3N4O3. The van der Waals surface area contributed by atoms with Gasteiger partial charge in [-0.3, -0.25) is 9.80 Å².